The lowest BCUT2D eigenvalue weighted by Gasteiger charge is -2.02. The lowest BCUT2D eigenvalue weighted by molar-refractivity contribution is 0.338. The molecule has 2 aromatic heterocycles. The van der Waals surface area contributed by atoms with Gasteiger partial charge in [-0.2, -0.15) is 0 Å². The first-order valence-corrected chi connectivity index (χ1v) is 6.04. The van der Waals surface area contributed by atoms with E-state index >= 15 is 0 Å². The number of nitrogens with zero attached hydrogens (tertiary/aromatic N) is 2. The Labute approximate surface area is 102 Å². The van der Waals surface area contributed by atoms with Crippen LogP contribution in [-0.4, -0.2) is 21.6 Å². The lowest BCUT2D eigenvalue weighted by Crippen LogP contribution is -2.03. The van der Waals surface area contributed by atoms with Crippen LogP contribution < -0.4 is 5.73 Å². The second kappa shape index (κ2) is 4.31. The van der Waals surface area contributed by atoms with Crippen LogP contribution in [-0.2, 0) is 4.74 Å². The lowest BCUT2D eigenvalue weighted by atomic mass is 10.3. The fourth-order valence-corrected chi connectivity index (χ4v) is 2.69. The minimum absolute atomic E-state index is 0.431. The van der Waals surface area contributed by atoms with Crippen LogP contribution in [0.15, 0.2) is 6.20 Å². The number of nitrogen functional groups attached to an aromatic ring is 1. The molecule has 16 heavy (non-hydrogen) atoms. The molecule has 0 radical (unpaired) electrons. The maximum absolute atomic E-state index is 5.98. The van der Waals surface area contributed by atoms with E-state index in [1.165, 1.54) is 11.3 Å². The fourth-order valence-electron chi connectivity index (χ4n) is 1.33. The topological polar surface area (TPSA) is 61.0 Å². The largest absolute Gasteiger partial charge is 0.483 e. The maximum atomic E-state index is 5.98. The van der Waals surface area contributed by atoms with Gasteiger partial charge in [-0.25, -0.2) is 9.97 Å². The van der Waals surface area contributed by atoms with Crippen LogP contribution in [0.25, 0.3) is 10.2 Å². The van der Waals surface area contributed by atoms with Gasteiger partial charge in [0.2, 0.25) is 5.05 Å². The van der Waals surface area contributed by atoms with E-state index in [4.69, 9.17) is 22.7 Å². The Morgan fingerprint density at radius 2 is 2.38 bits per heavy atom. The number of hydrogen-bond donors (Lipinski definition) is 1. The molecule has 0 amide bonds. The molecule has 0 saturated carbocycles. The standard InChI is InChI=1S/C10H11N3OS2/c1-3-14-10(15)8-7(11)6-4-12-5(2)13-9(6)16-8/h4H,3,11H2,1-2H3. The van der Waals surface area contributed by atoms with Gasteiger partial charge in [0.25, 0.3) is 0 Å². The summed E-state index contributed by atoms with van der Waals surface area (Å²) in [5.74, 6) is 0.725. The molecule has 2 aromatic rings. The highest BCUT2D eigenvalue weighted by Gasteiger charge is 2.15. The molecule has 84 valence electrons. The molecular formula is C10H11N3OS2. The Hall–Kier alpha value is -1.27. The van der Waals surface area contributed by atoms with Crippen LogP contribution >= 0.6 is 23.6 Å². The number of thiophene rings is 1. The predicted molar refractivity (Wildman–Crippen MR) is 69.9 cm³/mol. The Morgan fingerprint density at radius 3 is 3.06 bits per heavy atom. The molecule has 0 aromatic carbocycles. The van der Waals surface area contributed by atoms with Crippen molar-refractivity contribution in [3.8, 4) is 0 Å². The van der Waals surface area contributed by atoms with Crippen molar-refractivity contribution in [3.63, 3.8) is 0 Å². The smallest absolute Gasteiger partial charge is 0.203 e. The number of nitrogens with two attached hydrogens (primary N) is 1. The molecule has 0 aliphatic carbocycles. The van der Waals surface area contributed by atoms with Gasteiger partial charge in [-0.3, -0.25) is 0 Å². The average Bonchev–Trinajstić information content (AvgIpc) is 2.56. The Balaban J connectivity index is 2.55. The summed E-state index contributed by atoms with van der Waals surface area (Å²) >= 11 is 6.58. The quantitative estimate of drug-likeness (QED) is 0.832. The van der Waals surface area contributed by atoms with Gasteiger partial charge < -0.3 is 10.5 Å². The van der Waals surface area contributed by atoms with Crippen molar-refractivity contribution in [2.75, 3.05) is 12.3 Å². The normalized spacial score (nSPS) is 10.6. The van der Waals surface area contributed by atoms with Gasteiger partial charge in [-0.05, 0) is 26.1 Å². The van der Waals surface area contributed by atoms with Crippen molar-refractivity contribution in [1.29, 1.82) is 0 Å². The molecule has 0 aliphatic rings. The summed E-state index contributed by atoms with van der Waals surface area (Å²) in [5.41, 5.74) is 6.59. The van der Waals surface area contributed by atoms with E-state index in [1.807, 2.05) is 13.8 Å². The van der Waals surface area contributed by atoms with E-state index in [2.05, 4.69) is 9.97 Å². The van der Waals surface area contributed by atoms with Gasteiger partial charge >= 0.3 is 0 Å². The number of aryl methyl sites for hydroxylation is 1. The first-order valence-electron chi connectivity index (χ1n) is 4.82. The van der Waals surface area contributed by atoms with Gasteiger partial charge in [0.1, 0.15) is 15.5 Å². The molecule has 4 nitrogen and oxygen atoms in total. The first-order chi connectivity index (χ1) is 7.63. The van der Waals surface area contributed by atoms with Crippen LogP contribution in [0, 0.1) is 6.92 Å². The number of aromatic nitrogens is 2. The zero-order valence-corrected chi connectivity index (χ0v) is 10.6. The van der Waals surface area contributed by atoms with E-state index in [0.717, 1.165) is 20.9 Å². The Bertz CT molecular complexity index is 550. The van der Waals surface area contributed by atoms with Crippen molar-refractivity contribution in [1.82, 2.24) is 9.97 Å². The van der Waals surface area contributed by atoms with Crippen LogP contribution in [0.5, 0.6) is 0 Å². The van der Waals surface area contributed by atoms with Gasteiger partial charge in [-0.15, -0.1) is 11.3 Å². The molecule has 0 spiro atoms. The zero-order valence-electron chi connectivity index (χ0n) is 8.98. The SMILES string of the molecule is CCOC(=S)c1sc2nc(C)ncc2c1N. The minimum atomic E-state index is 0.431. The monoisotopic (exact) mass is 253 g/mol. The van der Waals surface area contributed by atoms with Gasteiger partial charge in [-0.1, -0.05) is 0 Å². The van der Waals surface area contributed by atoms with Gasteiger partial charge in [0.15, 0.2) is 0 Å². The second-order valence-corrected chi connectivity index (χ2v) is 4.57. The van der Waals surface area contributed by atoms with Gasteiger partial charge in [0, 0.05) is 6.20 Å². The number of fused-ring (bicyclic) bond motifs is 1. The van der Waals surface area contributed by atoms with E-state index in [9.17, 15) is 0 Å². The summed E-state index contributed by atoms with van der Waals surface area (Å²) in [7, 11) is 0. The van der Waals surface area contributed by atoms with Crippen molar-refractivity contribution in [3.05, 3.63) is 16.9 Å². The summed E-state index contributed by atoms with van der Waals surface area (Å²) < 4.78 is 5.28. The molecule has 0 saturated heterocycles. The molecule has 0 atom stereocenters. The number of rotatable bonds is 2. The van der Waals surface area contributed by atoms with Crippen molar-refractivity contribution in [2.45, 2.75) is 13.8 Å². The van der Waals surface area contributed by atoms with Crippen molar-refractivity contribution < 1.29 is 4.74 Å². The van der Waals surface area contributed by atoms with Crippen LogP contribution in [0.2, 0.25) is 0 Å². The maximum Gasteiger partial charge on any atom is 0.203 e. The van der Waals surface area contributed by atoms with Crippen molar-refractivity contribution >= 4 is 44.5 Å². The second-order valence-electron chi connectivity index (χ2n) is 3.20. The molecule has 0 bridgehead atoms. The predicted octanol–water partition coefficient (Wildman–Crippen LogP) is 2.29. The molecule has 2 N–H and O–H groups in total. The summed E-state index contributed by atoms with van der Waals surface area (Å²) in [6.45, 7) is 4.27. The third-order valence-electron chi connectivity index (χ3n) is 2.07. The number of hydrogen-bond acceptors (Lipinski definition) is 6. The van der Waals surface area contributed by atoms with E-state index in [1.54, 1.807) is 6.20 Å². The van der Waals surface area contributed by atoms with E-state index < -0.39 is 0 Å². The van der Waals surface area contributed by atoms with E-state index in [0.29, 0.717) is 17.3 Å². The summed E-state index contributed by atoms with van der Waals surface area (Å²) in [4.78, 5) is 10.0. The zero-order chi connectivity index (χ0) is 11.7. The Kier molecular flexibility index (Phi) is 3.02. The number of thiocarbonyl (C=S) groups is 1. The molecular weight excluding hydrogens is 242 g/mol. The third-order valence-corrected chi connectivity index (χ3v) is 3.63. The minimum Gasteiger partial charge on any atom is -0.483 e. The summed E-state index contributed by atoms with van der Waals surface area (Å²) in [6, 6.07) is 0. The number of ether oxygens (including phenoxy) is 1. The van der Waals surface area contributed by atoms with Crippen LogP contribution in [0.1, 0.15) is 17.6 Å². The van der Waals surface area contributed by atoms with Crippen LogP contribution in [0.3, 0.4) is 0 Å². The fraction of sp³-hybridized carbons (Fsp3) is 0.300. The molecule has 6 heteroatoms. The molecule has 2 heterocycles. The highest BCUT2D eigenvalue weighted by Crippen LogP contribution is 2.32. The van der Waals surface area contributed by atoms with E-state index in [-0.39, 0.29) is 0 Å². The summed E-state index contributed by atoms with van der Waals surface area (Å²) in [5, 5.41) is 1.27. The van der Waals surface area contributed by atoms with Crippen molar-refractivity contribution in [2.24, 2.45) is 0 Å². The molecule has 2 rings (SSSR count). The van der Waals surface area contributed by atoms with Crippen LogP contribution in [0.4, 0.5) is 5.69 Å². The summed E-state index contributed by atoms with van der Waals surface area (Å²) in [6.07, 6.45) is 1.72. The number of anilines is 1. The molecule has 0 fully saturated rings. The molecule has 0 aliphatic heterocycles. The van der Waals surface area contributed by atoms with Gasteiger partial charge in [0.05, 0.1) is 17.7 Å². The first kappa shape index (κ1) is 11.2. The Morgan fingerprint density at radius 1 is 1.62 bits per heavy atom. The highest BCUT2D eigenvalue weighted by molar-refractivity contribution is 7.81. The highest BCUT2D eigenvalue weighted by atomic mass is 32.1. The average molecular weight is 253 g/mol. The third kappa shape index (κ3) is 1.85. The molecule has 0 unspecified atom stereocenters.